The van der Waals surface area contributed by atoms with Crippen molar-refractivity contribution in [3.05, 3.63) is 58.7 Å². The first kappa shape index (κ1) is 15.1. The molecule has 1 aliphatic carbocycles. The van der Waals surface area contributed by atoms with Crippen LogP contribution in [0, 0.1) is 19.8 Å². The fourth-order valence-electron chi connectivity index (χ4n) is 3.42. The molecule has 2 unspecified atom stereocenters. The van der Waals surface area contributed by atoms with Crippen LogP contribution in [0.2, 0.25) is 0 Å². The van der Waals surface area contributed by atoms with Crippen LogP contribution in [0.15, 0.2) is 36.4 Å². The van der Waals surface area contributed by atoms with E-state index in [1.807, 2.05) is 0 Å². The molecule has 0 N–H and O–H groups in total. The zero-order valence-corrected chi connectivity index (χ0v) is 14.0. The highest BCUT2D eigenvalue weighted by atomic mass is 14.4. The lowest BCUT2D eigenvalue weighted by molar-refractivity contribution is 0.439. The highest BCUT2D eigenvalue weighted by Crippen LogP contribution is 2.43. The topological polar surface area (TPSA) is 0 Å². The molecule has 20 heavy (non-hydrogen) atoms. The van der Waals surface area contributed by atoms with Gasteiger partial charge in [0.2, 0.25) is 0 Å². The summed E-state index contributed by atoms with van der Waals surface area (Å²) < 4.78 is 0. The summed E-state index contributed by atoms with van der Waals surface area (Å²) in [5.74, 6) is 0.523. The number of benzene rings is 1. The van der Waals surface area contributed by atoms with Gasteiger partial charge in [-0.2, -0.15) is 0 Å². The molecule has 0 bridgehead atoms. The molecule has 0 amide bonds. The van der Waals surface area contributed by atoms with Crippen molar-refractivity contribution in [2.45, 2.75) is 59.3 Å². The highest BCUT2D eigenvalue weighted by molar-refractivity contribution is 5.50. The molecule has 2 atom stereocenters. The smallest absolute Gasteiger partial charge is 0.0172 e. The zero-order chi connectivity index (χ0) is 15.1. The van der Waals surface area contributed by atoms with Gasteiger partial charge in [0, 0.05) is 5.41 Å². The van der Waals surface area contributed by atoms with E-state index in [0.29, 0.717) is 5.92 Å². The lowest BCUT2D eigenvalue weighted by Gasteiger charge is -2.39. The van der Waals surface area contributed by atoms with Crippen molar-refractivity contribution in [1.82, 2.24) is 0 Å². The summed E-state index contributed by atoms with van der Waals surface area (Å²) in [6.07, 6.45) is 9.08. The van der Waals surface area contributed by atoms with Gasteiger partial charge in [0.1, 0.15) is 0 Å². The molecule has 0 spiro atoms. The molecule has 1 aromatic rings. The first-order valence-electron chi connectivity index (χ1n) is 7.64. The lowest BCUT2D eigenvalue weighted by atomic mass is 9.64. The van der Waals surface area contributed by atoms with Gasteiger partial charge in [0.15, 0.2) is 0 Å². The first-order valence-corrected chi connectivity index (χ1v) is 7.64. The average Bonchev–Trinajstić information content (AvgIpc) is 2.30. The van der Waals surface area contributed by atoms with Gasteiger partial charge in [-0.05, 0) is 41.9 Å². The van der Waals surface area contributed by atoms with Crippen molar-refractivity contribution in [2.75, 3.05) is 0 Å². The predicted octanol–water partition coefficient (Wildman–Crippen LogP) is 5.62. The first-order chi connectivity index (χ1) is 9.16. The fourth-order valence-corrected chi connectivity index (χ4v) is 3.42. The molecule has 108 valence electrons. The van der Waals surface area contributed by atoms with E-state index in [1.54, 1.807) is 0 Å². The molecule has 1 aliphatic rings. The van der Waals surface area contributed by atoms with E-state index in [-0.39, 0.29) is 10.8 Å². The number of hydrogen-bond acceptors (Lipinski definition) is 0. The normalized spacial score (nSPS) is 26.1. The minimum Gasteiger partial charge on any atom is -0.0805 e. The predicted molar refractivity (Wildman–Crippen MR) is 89.4 cm³/mol. The number of hydrogen-bond donors (Lipinski definition) is 0. The second-order valence-electron chi connectivity index (χ2n) is 7.57. The van der Waals surface area contributed by atoms with E-state index < -0.39 is 0 Å². The largest absolute Gasteiger partial charge is 0.0805 e. The number of rotatable bonds is 1. The Bertz CT molecular complexity index is 566. The Balaban J connectivity index is 2.74. The molecule has 0 heterocycles. The average molecular weight is 268 g/mol. The van der Waals surface area contributed by atoms with E-state index >= 15 is 0 Å². The molecule has 1 aromatic carbocycles. The van der Waals surface area contributed by atoms with Gasteiger partial charge in [-0.15, -0.1) is 0 Å². The van der Waals surface area contributed by atoms with E-state index in [2.05, 4.69) is 84.9 Å². The summed E-state index contributed by atoms with van der Waals surface area (Å²) >= 11 is 0. The van der Waals surface area contributed by atoms with E-state index in [4.69, 9.17) is 0 Å². The van der Waals surface area contributed by atoms with Crippen LogP contribution in [0.25, 0.3) is 0 Å². The van der Waals surface area contributed by atoms with Crippen LogP contribution >= 0.6 is 0 Å². The van der Waals surface area contributed by atoms with Gasteiger partial charge >= 0.3 is 0 Å². The van der Waals surface area contributed by atoms with E-state index in [0.717, 1.165) is 0 Å². The molecule has 0 aliphatic heterocycles. The highest BCUT2D eigenvalue weighted by Gasteiger charge is 2.36. The molecule has 0 saturated carbocycles. The molecular weight excluding hydrogens is 240 g/mol. The molecular formula is C20H28. The summed E-state index contributed by atoms with van der Waals surface area (Å²) in [5, 5.41) is 0. The standard InChI is InChI=1S/C20H28/c1-14-12-15(2)18(17(13-14)19(4,5)6)20(7)11-9-8-10-16(20)3/h8-13,16H,1-7H3. The Morgan fingerprint density at radius 2 is 1.70 bits per heavy atom. The van der Waals surface area contributed by atoms with Crippen LogP contribution in [0.5, 0.6) is 0 Å². The summed E-state index contributed by atoms with van der Waals surface area (Å²) in [5.41, 5.74) is 6.05. The van der Waals surface area contributed by atoms with E-state index in [9.17, 15) is 0 Å². The SMILES string of the molecule is Cc1cc(C)c(C2(C)C=CC=CC2C)c(C(C)(C)C)c1. The van der Waals surface area contributed by atoms with Crippen molar-refractivity contribution in [3.8, 4) is 0 Å². The monoisotopic (exact) mass is 268 g/mol. The van der Waals surface area contributed by atoms with Crippen molar-refractivity contribution in [3.63, 3.8) is 0 Å². The van der Waals surface area contributed by atoms with Crippen molar-refractivity contribution >= 4 is 0 Å². The van der Waals surface area contributed by atoms with Crippen molar-refractivity contribution in [2.24, 2.45) is 5.92 Å². The molecule has 0 fully saturated rings. The van der Waals surface area contributed by atoms with Crippen LogP contribution in [0.1, 0.15) is 56.9 Å². The zero-order valence-electron chi connectivity index (χ0n) is 14.0. The number of aryl methyl sites for hydroxylation is 2. The Morgan fingerprint density at radius 1 is 1.05 bits per heavy atom. The van der Waals surface area contributed by atoms with Crippen LogP contribution in [0.4, 0.5) is 0 Å². The summed E-state index contributed by atoms with van der Waals surface area (Å²) in [7, 11) is 0. The third-order valence-electron chi connectivity index (χ3n) is 4.73. The Labute approximate surface area is 124 Å². The molecule has 0 radical (unpaired) electrons. The van der Waals surface area contributed by atoms with Gasteiger partial charge in [-0.3, -0.25) is 0 Å². The van der Waals surface area contributed by atoms with Gasteiger partial charge in [0.25, 0.3) is 0 Å². The summed E-state index contributed by atoms with van der Waals surface area (Å²) in [4.78, 5) is 0. The Kier molecular flexibility index (Phi) is 3.71. The van der Waals surface area contributed by atoms with Crippen molar-refractivity contribution in [1.29, 1.82) is 0 Å². The van der Waals surface area contributed by atoms with Crippen LogP contribution in [0.3, 0.4) is 0 Å². The Hall–Kier alpha value is -1.30. The van der Waals surface area contributed by atoms with Crippen LogP contribution in [-0.2, 0) is 10.8 Å². The van der Waals surface area contributed by atoms with Gasteiger partial charge in [-0.25, -0.2) is 0 Å². The minimum absolute atomic E-state index is 0.0924. The van der Waals surface area contributed by atoms with E-state index in [1.165, 1.54) is 22.3 Å². The van der Waals surface area contributed by atoms with Gasteiger partial charge < -0.3 is 0 Å². The Morgan fingerprint density at radius 3 is 2.25 bits per heavy atom. The minimum atomic E-state index is 0.0924. The number of allylic oxidation sites excluding steroid dienone is 4. The maximum atomic E-state index is 2.38. The molecule has 0 nitrogen and oxygen atoms in total. The second-order valence-corrected chi connectivity index (χ2v) is 7.57. The summed E-state index contributed by atoms with van der Waals surface area (Å²) in [6.45, 7) is 16.1. The maximum Gasteiger partial charge on any atom is 0.0172 e. The molecule has 0 saturated heterocycles. The lowest BCUT2D eigenvalue weighted by Crippen LogP contribution is -2.33. The molecule has 2 rings (SSSR count). The van der Waals surface area contributed by atoms with Crippen molar-refractivity contribution < 1.29 is 0 Å². The third-order valence-corrected chi connectivity index (χ3v) is 4.73. The quantitative estimate of drug-likeness (QED) is 0.620. The van der Waals surface area contributed by atoms with Crippen LogP contribution < -0.4 is 0 Å². The molecule has 0 aromatic heterocycles. The van der Waals surface area contributed by atoms with Gasteiger partial charge in [-0.1, -0.05) is 76.6 Å². The maximum absolute atomic E-state index is 2.38. The van der Waals surface area contributed by atoms with Gasteiger partial charge in [0.05, 0.1) is 0 Å². The molecule has 0 heteroatoms. The third kappa shape index (κ3) is 2.49. The fraction of sp³-hybridized carbons (Fsp3) is 0.500. The second kappa shape index (κ2) is 4.91. The summed E-state index contributed by atoms with van der Waals surface area (Å²) in [6, 6.07) is 4.71. The van der Waals surface area contributed by atoms with Crippen LogP contribution in [-0.4, -0.2) is 0 Å².